The van der Waals surface area contributed by atoms with Crippen molar-refractivity contribution in [3.63, 3.8) is 0 Å². The van der Waals surface area contributed by atoms with Crippen LogP contribution in [0, 0.1) is 6.92 Å². The van der Waals surface area contributed by atoms with Crippen LogP contribution in [0.1, 0.15) is 68.9 Å². The highest BCUT2D eigenvalue weighted by molar-refractivity contribution is 5.26. The van der Waals surface area contributed by atoms with Gasteiger partial charge in [0.25, 0.3) is 0 Å². The van der Waals surface area contributed by atoms with Gasteiger partial charge in [-0.15, -0.1) is 0 Å². The van der Waals surface area contributed by atoms with E-state index in [1.54, 1.807) is 6.33 Å². The lowest BCUT2D eigenvalue weighted by Gasteiger charge is -2.13. The van der Waals surface area contributed by atoms with Crippen molar-refractivity contribution >= 4 is 0 Å². The van der Waals surface area contributed by atoms with Gasteiger partial charge in [-0.05, 0) is 25.3 Å². The molecule has 1 aromatic carbocycles. The summed E-state index contributed by atoms with van der Waals surface area (Å²) in [5, 5.41) is 4.61. The number of hydrogen-bond donors (Lipinski definition) is 0. The molecule has 0 spiro atoms. The van der Waals surface area contributed by atoms with Gasteiger partial charge in [-0.25, -0.2) is 14.6 Å². The fraction of sp³-hybridized carbons (Fsp3) is 0.500. The first kappa shape index (κ1) is 20.9. The van der Waals surface area contributed by atoms with Crippen molar-refractivity contribution in [2.24, 2.45) is 7.05 Å². The summed E-state index contributed by atoms with van der Waals surface area (Å²) in [7, 11) is 1.96. The molecule has 2 aromatic heterocycles. The van der Waals surface area contributed by atoms with Gasteiger partial charge in [0.05, 0.1) is 12.0 Å². The highest BCUT2D eigenvalue weighted by Crippen LogP contribution is 2.31. The predicted octanol–water partition coefficient (Wildman–Crippen LogP) is 4.91. The zero-order valence-corrected chi connectivity index (χ0v) is 17.4. The molecule has 0 fully saturated rings. The van der Waals surface area contributed by atoms with Crippen LogP contribution in [0.4, 0.5) is 0 Å². The third kappa shape index (κ3) is 5.78. The molecular formula is C22H33N5. The maximum absolute atomic E-state index is 4.74. The predicted molar refractivity (Wildman–Crippen MR) is 111 cm³/mol. The molecule has 1 aliphatic rings. The van der Waals surface area contributed by atoms with Gasteiger partial charge in [0, 0.05) is 32.1 Å². The quantitative estimate of drug-likeness (QED) is 0.646. The van der Waals surface area contributed by atoms with Crippen LogP contribution in [-0.4, -0.2) is 24.3 Å². The van der Waals surface area contributed by atoms with Crippen LogP contribution in [0.5, 0.6) is 0 Å². The number of rotatable bonds is 2. The molecule has 4 rings (SSSR count). The molecule has 5 nitrogen and oxygen atoms in total. The summed E-state index contributed by atoms with van der Waals surface area (Å²) >= 11 is 0. The molecule has 0 amide bonds. The SMILES string of the molecule is CC.CCc1nc2n(n1)CCCCC2c1ccccc1.Cc1cn(C)cn1. The van der Waals surface area contributed by atoms with Crippen molar-refractivity contribution < 1.29 is 0 Å². The number of hydrogen-bond acceptors (Lipinski definition) is 3. The van der Waals surface area contributed by atoms with Crippen molar-refractivity contribution in [2.45, 2.75) is 65.8 Å². The Hall–Kier alpha value is -2.43. The molecule has 0 N–H and O–H groups in total. The highest BCUT2D eigenvalue weighted by atomic mass is 15.3. The Morgan fingerprint density at radius 1 is 1.11 bits per heavy atom. The first-order chi connectivity index (χ1) is 13.2. The number of imidazole rings is 1. The Labute approximate surface area is 163 Å². The van der Waals surface area contributed by atoms with E-state index in [4.69, 9.17) is 4.98 Å². The second-order valence-corrected chi connectivity index (χ2v) is 6.60. The molecule has 0 aliphatic carbocycles. The zero-order chi connectivity index (χ0) is 19.6. The van der Waals surface area contributed by atoms with E-state index in [2.05, 4.69) is 52.0 Å². The van der Waals surface area contributed by atoms with Gasteiger partial charge in [-0.3, -0.25) is 0 Å². The number of aryl methyl sites for hydroxylation is 4. The van der Waals surface area contributed by atoms with Crippen LogP contribution < -0.4 is 0 Å². The molecule has 1 aliphatic heterocycles. The first-order valence-electron chi connectivity index (χ1n) is 10.1. The average molecular weight is 368 g/mol. The van der Waals surface area contributed by atoms with E-state index in [1.807, 2.05) is 38.6 Å². The minimum atomic E-state index is 0.418. The van der Waals surface area contributed by atoms with Crippen molar-refractivity contribution in [3.8, 4) is 0 Å². The Morgan fingerprint density at radius 3 is 2.41 bits per heavy atom. The van der Waals surface area contributed by atoms with Gasteiger partial charge >= 0.3 is 0 Å². The molecule has 3 aromatic rings. The molecule has 1 unspecified atom stereocenters. The van der Waals surface area contributed by atoms with Gasteiger partial charge in [0.2, 0.25) is 0 Å². The molecular weight excluding hydrogens is 334 g/mol. The number of benzene rings is 1. The standard InChI is InChI=1S/C15H19N3.C5H8N2.C2H6/c1-2-14-16-15-13(12-8-4-3-5-9-12)10-6-7-11-18(15)17-14;1-5-3-7(2)4-6-5;1-2/h3-5,8-9,13H,2,6-7,10-11H2,1H3;3-4H,1-2H3;1-2H3. The van der Waals surface area contributed by atoms with Crippen molar-refractivity contribution in [1.82, 2.24) is 24.3 Å². The van der Waals surface area contributed by atoms with Crippen molar-refractivity contribution in [1.29, 1.82) is 0 Å². The fourth-order valence-electron chi connectivity index (χ4n) is 3.26. The monoisotopic (exact) mass is 367 g/mol. The van der Waals surface area contributed by atoms with Crippen LogP contribution in [-0.2, 0) is 20.0 Å². The van der Waals surface area contributed by atoms with Gasteiger partial charge in [0.1, 0.15) is 5.82 Å². The van der Waals surface area contributed by atoms with E-state index < -0.39 is 0 Å². The van der Waals surface area contributed by atoms with Crippen LogP contribution in [0.2, 0.25) is 0 Å². The Morgan fingerprint density at radius 2 is 1.85 bits per heavy atom. The molecule has 0 bridgehead atoms. The third-order valence-corrected chi connectivity index (χ3v) is 4.52. The van der Waals surface area contributed by atoms with E-state index in [0.717, 1.165) is 30.3 Å². The molecule has 0 saturated carbocycles. The van der Waals surface area contributed by atoms with E-state index in [-0.39, 0.29) is 0 Å². The van der Waals surface area contributed by atoms with E-state index >= 15 is 0 Å². The fourth-order valence-corrected chi connectivity index (χ4v) is 3.26. The summed E-state index contributed by atoms with van der Waals surface area (Å²) in [5.74, 6) is 2.56. The van der Waals surface area contributed by atoms with Crippen molar-refractivity contribution in [2.75, 3.05) is 0 Å². The van der Waals surface area contributed by atoms with Crippen LogP contribution in [0.15, 0.2) is 42.9 Å². The number of aromatic nitrogens is 5. The maximum atomic E-state index is 4.74. The first-order valence-corrected chi connectivity index (χ1v) is 10.1. The molecule has 0 saturated heterocycles. The van der Waals surface area contributed by atoms with Gasteiger partial charge in [-0.1, -0.05) is 57.5 Å². The summed E-state index contributed by atoms with van der Waals surface area (Å²) in [5.41, 5.74) is 2.44. The van der Waals surface area contributed by atoms with Crippen LogP contribution in [0.3, 0.4) is 0 Å². The molecule has 0 radical (unpaired) electrons. The Bertz CT molecular complexity index is 772. The second kappa shape index (κ2) is 10.7. The normalized spacial score (nSPS) is 15.5. The zero-order valence-electron chi connectivity index (χ0n) is 17.4. The number of nitrogens with zero attached hydrogens (tertiary/aromatic N) is 5. The minimum absolute atomic E-state index is 0.418. The Balaban J connectivity index is 0.000000244. The van der Waals surface area contributed by atoms with E-state index in [9.17, 15) is 0 Å². The van der Waals surface area contributed by atoms with Gasteiger partial charge in [0.15, 0.2) is 5.82 Å². The second-order valence-electron chi connectivity index (χ2n) is 6.60. The largest absolute Gasteiger partial charge is 0.340 e. The minimum Gasteiger partial charge on any atom is -0.340 e. The molecule has 27 heavy (non-hydrogen) atoms. The average Bonchev–Trinajstić information content (AvgIpc) is 3.24. The Kier molecular flexibility index (Phi) is 8.24. The summed E-state index contributed by atoms with van der Waals surface area (Å²) in [6.45, 7) is 9.11. The molecule has 5 heteroatoms. The third-order valence-electron chi connectivity index (χ3n) is 4.52. The van der Waals surface area contributed by atoms with Crippen LogP contribution in [0.25, 0.3) is 0 Å². The summed E-state index contributed by atoms with van der Waals surface area (Å²) in [6.07, 6.45) is 8.33. The van der Waals surface area contributed by atoms with Gasteiger partial charge in [-0.2, -0.15) is 5.10 Å². The topological polar surface area (TPSA) is 48.5 Å². The molecule has 1 atom stereocenters. The smallest absolute Gasteiger partial charge is 0.150 e. The summed E-state index contributed by atoms with van der Waals surface area (Å²) in [4.78, 5) is 8.72. The lowest BCUT2D eigenvalue weighted by molar-refractivity contribution is 0.569. The van der Waals surface area contributed by atoms with Gasteiger partial charge < -0.3 is 4.57 Å². The lowest BCUT2D eigenvalue weighted by Crippen LogP contribution is -2.08. The van der Waals surface area contributed by atoms with E-state index in [0.29, 0.717) is 5.92 Å². The molecule has 146 valence electrons. The number of fused-ring (bicyclic) bond motifs is 1. The summed E-state index contributed by atoms with van der Waals surface area (Å²) in [6, 6.07) is 10.7. The highest BCUT2D eigenvalue weighted by Gasteiger charge is 2.23. The van der Waals surface area contributed by atoms with E-state index in [1.165, 1.54) is 24.8 Å². The van der Waals surface area contributed by atoms with Crippen LogP contribution >= 0.6 is 0 Å². The summed E-state index contributed by atoms with van der Waals surface area (Å²) < 4.78 is 4.05. The molecule has 3 heterocycles. The van der Waals surface area contributed by atoms with Crippen molar-refractivity contribution in [3.05, 3.63) is 65.8 Å². The maximum Gasteiger partial charge on any atom is 0.150 e. The lowest BCUT2D eigenvalue weighted by atomic mass is 9.94.